The number of benzene rings is 1. The van der Waals surface area contributed by atoms with Gasteiger partial charge >= 0.3 is 6.03 Å². The normalized spacial score (nSPS) is 13.8. The average Bonchev–Trinajstić information content (AvgIpc) is 2.75. The van der Waals surface area contributed by atoms with Gasteiger partial charge in [0.2, 0.25) is 0 Å². The first kappa shape index (κ1) is 21.4. The number of anilines is 4. The predicted molar refractivity (Wildman–Crippen MR) is 118 cm³/mol. The predicted octanol–water partition coefficient (Wildman–Crippen LogP) is 3.86. The van der Waals surface area contributed by atoms with Gasteiger partial charge in [0.15, 0.2) is 0 Å². The highest BCUT2D eigenvalue weighted by Crippen LogP contribution is 2.21. The SMILES string of the molecule is Cc1ccnc(Nc2cc(N3CCN(C(=O)Nc4ccc(F)cc4F)CC3)nc(C)n2)c1. The van der Waals surface area contributed by atoms with Gasteiger partial charge in [-0.05, 0) is 43.7 Å². The zero-order valence-electron chi connectivity index (χ0n) is 17.8. The van der Waals surface area contributed by atoms with E-state index in [0.717, 1.165) is 23.5 Å². The molecule has 8 nitrogen and oxygen atoms in total. The summed E-state index contributed by atoms with van der Waals surface area (Å²) in [6.07, 6.45) is 1.73. The standard InChI is InChI=1S/C22H23F2N7O/c1-14-5-6-25-19(11-14)29-20-13-21(27-15(2)26-20)30-7-9-31(10-8-30)22(32)28-18-4-3-16(23)12-17(18)24/h3-6,11-13H,7-10H2,1-2H3,(H,28,32)(H,25,26,27,29). The summed E-state index contributed by atoms with van der Waals surface area (Å²) in [4.78, 5) is 29.4. The summed E-state index contributed by atoms with van der Waals surface area (Å²) in [5, 5.41) is 5.70. The minimum atomic E-state index is -0.809. The van der Waals surface area contributed by atoms with E-state index >= 15 is 0 Å². The van der Waals surface area contributed by atoms with Crippen molar-refractivity contribution in [1.82, 2.24) is 19.9 Å². The molecule has 0 atom stereocenters. The molecule has 2 aromatic heterocycles. The fourth-order valence-corrected chi connectivity index (χ4v) is 3.44. The summed E-state index contributed by atoms with van der Waals surface area (Å²) in [5.74, 6) is 1.20. The number of hydrogen-bond donors (Lipinski definition) is 2. The Morgan fingerprint density at radius 1 is 0.969 bits per heavy atom. The number of halogens is 2. The lowest BCUT2D eigenvalue weighted by molar-refractivity contribution is 0.208. The van der Waals surface area contributed by atoms with Crippen molar-refractivity contribution >= 4 is 29.2 Å². The monoisotopic (exact) mass is 439 g/mol. The highest BCUT2D eigenvalue weighted by atomic mass is 19.1. The van der Waals surface area contributed by atoms with Crippen LogP contribution in [0.4, 0.5) is 36.7 Å². The number of nitrogens with one attached hydrogen (secondary N) is 2. The van der Waals surface area contributed by atoms with Crippen molar-refractivity contribution in [2.75, 3.05) is 41.7 Å². The number of carbonyl (C=O) groups is 1. The van der Waals surface area contributed by atoms with Crippen LogP contribution in [0.2, 0.25) is 0 Å². The Hall–Kier alpha value is -3.82. The molecular formula is C22H23F2N7O. The third kappa shape index (κ3) is 5.08. The molecule has 1 saturated heterocycles. The molecule has 32 heavy (non-hydrogen) atoms. The smallest absolute Gasteiger partial charge is 0.322 e. The first-order valence-electron chi connectivity index (χ1n) is 10.2. The molecule has 3 aromatic rings. The zero-order valence-corrected chi connectivity index (χ0v) is 17.8. The minimum absolute atomic E-state index is 0.0503. The van der Waals surface area contributed by atoms with Crippen LogP contribution in [0, 0.1) is 25.5 Å². The third-order valence-electron chi connectivity index (χ3n) is 5.06. The number of carbonyl (C=O) groups excluding carboxylic acids is 1. The summed E-state index contributed by atoms with van der Waals surface area (Å²) < 4.78 is 26.9. The van der Waals surface area contributed by atoms with Gasteiger partial charge in [0.1, 0.15) is 34.9 Å². The van der Waals surface area contributed by atoms with Crippen LogP contribution >= 0.6 is 0 Å². The Kier molecular flexibility index (Phi) is 6.11. The van der Waals surface area contributed by atoms with Gasteiger partial charge in [-0.15, -0.1) is 0 Å². The summed E-state index contributed by atoms with van der Waals surface area (Å²) in [7, 11) is 0. The molecule has 2 amide bonds. The van der Waals surface area contributed by atoms with Crippen LogP contribution < -0.4 is 15.5 Å². The molecule has 2 N–H and O–H groups in total. The first-order chi connectivity index (χ1) is 15.4. The molecule has 0 bridgehead atoms. The van der Waals surface area contributed by atoms with Gasteiger partial charge < -0.3 is 20.4 Å². The number of hydrogen-bond acceptors (Lipinski definition) is 6. The topological polar surface area (TPSA) is 86.3 Å². The maximum atomic E-state index is 13.8. The van der Waals surface area contributed by atoms with Crippen LogP contribution in [0.3, 0.4) is 0 Å². The van der Waals surface area contributed by atoms with Gasteiger partial charge in [0.25, 0.3) is 0 Å². The molecule has 1 aliphatic heterocycles. The van der Waals surface area contributed by atoms with Crippen molar-refractivity contribution in [1.29, 1.82) is 0 Å². The molecular weight excluding hydrogens is 416 g/mol. The third-order valence-corrected chi connectivity index (χ3v) is 5.06. The Labute approximate surface area is 184 Å². The summed E-state index contributed by atoms with van der Waals surface area (Å²) >= 11 is 0. The van der Waals surface area contributed by atoms with Crippen molar-refractivity contribution in [2.24, 2.45) is 0 Å². The number of urea groups is 1. The Balaban J connectivity index is 1.39. The molecule has 0 aliphatic carbocycles. The van der Waals surface area contributed by atoms with Crippen LogP contribution in [0.1, 0.15) is 11.4 Å². The van der Waals surface area contributed by atoms with Crippen molar-refractivity contribution in [2.45, 2.75) is 13.8 Å². The number of piperazine rings is 1. The number of aromatic nitrogens is 3. The number of pyridine rings is 1. The van der Waals surface area contributed by atoms with Crippen LogP contribution in [0.25, 0.3) is 0 Å². The first-order valence-corrected chi connectivity index (χ1v) is 10.2. The van der Waals surface area contributed by atoms with Crippen molar-refractivity contribution < 1.29 is 13.6 Å². The molecule has 1 fully saturated rings. The van der Waals surface area contributed by atoms with Gasteiger partial charge in [-0.1, -0.05) is 0 Å². The summed E-state index contributed by atoms with van der Waals surface area (Å²) in [5.41, 5.74) is 1.04. The molecule has 4 rings (SSSR count). The maximum absolute atomic E-state index is 13.8. The molecule has 3 heterocycles. The van der Waals surface area contributed by atoms with E-state index in [2.05, 4.69) is 30.5 Å². The molecule has 1 aromatic carbocycles. The molecule has 0 unspecified atom stereocenters. The summed E-state index contributed by atoms with van der Waals surface area (Å²) in [6, 6.07) is 8.32. The Morgan fingerprint density at radius 3 is 2.47 bits per heavy atom. The van der Waals surface area contributed by atoms with E-state index in [0.29, 0.717) is 43.6 Å². The largest absolute Gasteiger partial charge is 0.353 e. The second kappa shape index (κ2) is 9.13. The number of aryl methyl sites for hydroxylation is 2. The van der Waals surface area contributed by atoms with Crippen molar-refractivity contribution in [3.8, 4) is 0 Å². The Bertz CT molecular complexity index is 1130. The minimum Gasteiger partial charge on any atom is -0.353 e. The van der Waals surface area contributed by atoms with E-state index < -0.39 is 17.7 Å². The average molecular weight is 439 g/mol. The number of rotatable bonds is 4. The lowest BCUT2D eigenvalue weighted by Crippen LogP contribution is -2.50. The van der Waals surface area contributed by atoms with Gasteiger partial charge in [0.05, 0.1) is 5.69 Å². The Morgan fingerprint density at radius 2 is 1.75 bits per heavy atom. The van der Waals surface area contributed by atoms with Crippen LogP contribution in [-0.2, 0) is 0 Å². The highest BCUT2D eigenvalue weighted by molar-refractivity contribution is 5.89. The van der Waals surface area contributed by atoms with Crippen LogP contribution in [-0.4, -0.2) is 52.1 Å². The molecule has 0 radical (unpaired) electrons. The quantitative estimate of drug-likeness (QED) is 0.642. The molecule has 0 spiro atoms. The van der Waals surface area contributed by atoms with E-state index in [1.165, 1.54) is 6.07 Å². The van der Waals surface area contributed by atoms with E-state index in [4.69, 9.17) is 0 Å². The van der Waals surface area contributed by atoms with E-state index in [9.17, 15) is 13.6 Å². The van der Waals surface area contributed by atoms with E-state index in [1.54, 1.807) is 11.1 Å². The molecule has 0 saturated carbocycles. The number of amides is 2. The van der Waals surface area contributed by atoms with Gasteiger partial charge in [-0.2, -0.15) is 0 Å². The van der Waals surface area contributed by atoms with E-state index in [1.807, 2.05) is 32.0 Å². The lowest BCUT2D eigenvalue weighted by Gasteiger charge is -2.35. The second-order valence-electron chi connectivity index (χ2n) is 7.53. The van der Waals surface area contributed by atoms with Crippen molar-refractivity contribution in [3.63, 3.8) is 0 Å². The summed E-state index contributed by atoms with van der Waals surface area (Å²) in [6.45, 7) is 5.78. The van der Waals surface area contributed by atoms with Gasteiger partial charge in [0, 0.05) is 44.5 Å². The highest BCUT2D eigenvalue weighted by Gasteiger charge is 2.23. The lowest BCUT2D eigenvalue weighted by atomic mass is 10.3. The van der Waals surface area contributed by atoms with Crippen molar-refractivity contribution in [3.05, 3.63) is 65.6 Å². The maximum Gasteiger partial charge on any atom is 0.322 e. The fraction of sp³-hybridized carbons (Fsp3) is 0.273. The second-order valence-corrected chi connectivity index (χ2v) is 7.53. The zero-order chi connectivity index (χ0) is 22.7. The van der Waals surface area contributed by atoms with Gasteiger partial charge in [-0.25, -0.2) is 28.5 Å². The van der Waals surface area contributed by atoms with Crippen LogP contribution in [0.15, 0.2) is 42.6 Å². The fourth-order valence-electron chi connectivity index (χ4n) is 3.44. The van der Waals surface area contributed by atoms with Crippen LogP contribution in [0.5, 0.6) is 0 Å². The van der Waals surface area contributed by atoms with Gasteiger partial charge in [-0.3, -0.25) is 0 Å². The molecule has 166 valence electrons. The molecule has 1 aliphatic rings. The van der Waals surface area contributed by atoms with E-state index in [-0.39, 0.29) is 5.69 Å². The number of nitrogens with zero attached hydrogens (tertiary/aromatic N) is 5. The molecule has 10 heteroatoms.